The Labute approximate surface area is 389 Å². The predicted molar refractivity (Wildman–Crippen MR) is 246 cm³/mol. The molecule has 20 heteroatoms. The molecule has 6 aromatic rings. The van der Waals surface area contributed by atoms with E-state index >= 15 is 19.2 Å². The van der Waals surface area contributed by atoms with Gasteiger partial charge < -0.3 is 20.4 Å². The Bertz CT molecular complexity index is 2950. The molecule has 0 atom stereocenters. The monoisotopic (exact) mass is 918 g/mol. The molecule has 0 radical (unpaired) electrons. The third-order valence-electron chi connectivity index (χ3n) is 13.5. The molecule has 10 rings (SSSR count). The van der Waals surface area contributed by atoms with Gasteiger partial charge in [-0.2, -0.15) is 19.9 Å². The van der Waals surface area contributed by atoms with E-state index in [0.29, 0.717) is 50.4 Å². The molecule has 0 bridgehead atoms. The Hall–Kier alpha value is -8.10. The summed E-state index contributed by atoms with van der Waals surface area (Å²) < 4.78 is 0. The normalized spacial score (nSPS) is 18.4. The first-order valence-electron chi connectivity index (χ1n) is 22.1. The highest BCUT2D eigenvalue weighted by Gasteiger charge is 2.64. The third-order valence-corrected chi connectivity index (χ3v) is 13.5. The van der Waals surface area contributed by atoms with E-state index in [1.165, 1.54) is 6.07 Å². The van der Waals surface area contributed by atoms with Crippen LogP contribution in [0.2, 0.25) is 0 Å². The molecule has 346 valence electrons. The van der Waals surface area contributed by atoms with Crippen LogP contribution in [0.5, 0.6) is 23.5 Å². The lowest BCUT2D eigenvalue weighted by Gasteiger charge is -2.41. The van der Waals surface area contributed by atoms with Gasteiger partial charge in [-0.15, -0.1) is 0 Å². The van der Waals surface area contributed by atoms with Crippen LogP contribution in [-0.4, -0.2) is 121 Å². The molecule has 68 heavy (non-hydrogen) atoms. The number of piperidine rings is 2. The van der Waals surface area contributed by atoms with Gasteiger partial charge in [0.05, 0.1) is 34.9 Å². The molecule has 0 aliphatic carbocycles. The molecule has 4 fully saturated rings. The fraction of sp³-hybridized carbons (Fsp3) is 0.292. The van der Waals surface area contributed by atoms with E-state index in [1.54, 1.807) is 24.5 Å². The fourth-order valence-corrected chi connectivity index (χ4v) is 9.88. The van der Waals surface area contributed by atoms with Crippen molar-refractivity contribution in [1.82, 2.24) is 39.7 Å². The molecular weight excluding hydrogens is 873 g/mol. The number of anilines is 4. The first-order valence-corrected chi connectivity index (χ1v) is 22.1. The van der Waals surface area contributed by atoms with Gasteiger partial charge in [-0.25, -0.2) is 29.2 Å². The number of imide groups is 2. The van der Waals surface area contributed by atoms with Crippen molar-refractivity contribution < 1.29 is 39.6 Å². The molecule has 2 aromatic carbocycles. The van der Waals surface area contributed by atoms with Gasteiger partial charge in [0.15, 0.2) is 0 Å². The maximum atomic E-state index is 15.6. The molecule has 0 unspecified atom stereocenters. The number of aromatic hydroxyl groups is 4. The van der Waals surface area contributed by atoms with Gasteiger partial charge in [-0.05, 0) is 86.1 Å². The number of likely N-dealkylation sites (tertiary alicyclic amines) is 2. The number of benzene rings is 2. The number of rotatable bonds is 9. The van der Waals surface area contributed by atoms with Gasteiger partial charge >= 0.3 is 12.1 Å². The fourth-order valence-electron chi connectivity index (χ4n) is 9.88. The molecule has 6 amide bonds. The van der Waals surface area contributed by atoms with Crippen LogP contribution >= 0.6 is 0 Å². The van der Waals surface area contributed by atoms with Gasteiger partial charge in [-0.3, -0.25) is 29.4 Å². The Balaban J connectivity index is 1.09. The minimum Gasteiger partial charge on any atom is -0.493 e. The molecule has 4 aromatic heterocycles. The van der Waals surface area contributed by atoms with E-state index in [9.17, 15) is 20.4 Å². The molecule has 20 nitrogen and oxygen atoms in total. The van der Waals surface area contributed by atoms with Crippen molar-refractivity contribution >= 4 is 47.1 Å². The second-order valence-electron chi connectivity index (χ2n) is 17.5. The first-order chi connectivity index (χ1) is 32.8. The van der Waals surface area contributed by atoms with Crippen LogP contribution in [-0.2, 0) is 22.7 Å². The number of carbonyl (C=O) groups excluding carboxylic acids is 4. The Morgan fingerprint density at radius 3 is 1.35 bits per heavy atom. The molecule has 8 heterocycles. The molecule has 0 saturated carbocycles. The summed E-state index contributed by atoms with van der Waals surface area (Å²) in [6.45, 7) is 6.14. The predicted octanol–water partition coefficient (Wildman–Crippen LogP) is 5.18. The molecular formula is C48H46N12O8. The zero-order valence-corrected chi connectivity index (χ0v) is 37.1. The lowest BCUT2D eigenvalue weighted by atomic mass is 9.85. The van der Waals surface area contributed by atoms with E-state index in [4.69, 9.17) is 0 Å². The number of pyridine rings is 2. The average molecular weight is 919 g/mol. The summed E-state index contributed by atoms with van der Waals surface area (Å²) in [5, 5.41) is 42.3. The SMILES string of the molecule is Cc1cccnc1CN1CCC2(CC1)C(=O)N(c1ccc(-c3ccccc3)cc1N1C(=O)N(c3nc(O)cc(O)n3)C3(CCN(Cc4ncccc4C)CC3)C1=O)C(=O)N2c1nc(O)cc(O)n1. The minimum atomic E-state index is -1.66. The van der Waals surface area contributed by atoms with E-state index in [-0.39, 0.29) is 37.1 Å². The number of hydrogen-bond donors (Lipinski definition) is 4. The molecule has 4 aliphatic rings. The van der Waals surface area contributed by atoms with Crippen LogP contribution in [0, 0.1) is 13.8 Å². The summed E-state index contributed by atoms with van der Waals surface area (Å²) >= 11 is 0. The number of nitrogens with zero attached hydrogens (tertiary/aromatic N) is 12. The highest BCUT2D eigenvalue weighted by molar-refractivity contribution is 6.35. The van der Waals surface area contributed by atoms with Crippen LogP contribution in [0.3, 0.4) is 0 Å². The number of hydrogen-bond acceptors (Lipinski definition) is 16. The van der Waals surface area contributed by atoms with E-state index in [0.717, 1.165) is 54.2 Å². The van der Waals surface area contributed by atoms with Crippen LogP contribution in [0.25, 0.3) is 11.1 Å². The van der Waals surface area contributed by atoms with Crippen LogP contribution < -0.4 is 19.6 Å². The highest BCUT2D eigenvalue weighted by atomic mass is 16.3. The van der Waals surface area contributed by atoms with Gasteiger partial charge in [0.1, 0.15) is 11.1 Å². The zero-order chi connectivity index (χ0) is 47.5. The Kier molecular flexibility index (Phi) is 10.9. The van der Waals surface area contributed by atoms with Crippen molar-refractivity contribution in [2.24, 2.45) is 0 Å². The number of amides is 6. The first kappa shape index (κ1) is 43.8. The number of aromatic nitrogens is 6. The van der Waals surface area contributed by atoms with Crippen LogP contribution in [0.15, 0.2) is 97.3 Å². The van der Waals surface area contributed by atoms with Crippen molar-refractivity contribution in [2.75, 3.05) is 45.8 Å². The maximum Gasteiger partial charge on any atom is 0.339 e. The zero-order valence-electron chi connectivity index (χ0n) is 37.1. The summed E-state index contributed by atoms with van der Waals surface area (Å²) in [6, 6.07) is 21.4. The second kappa shape index (κ2) is 17.0. The van der Waals surface area contributed by atoms with Crippen molar-refractivity contribution in [3.05, 3.63) is 120 Å². The van der Waals surface area contributed by atoms with Crippen molar-refractivity contribution in [3.63, 3.8) is 0 Å². The Morgan fingerprint density at radius 2 is 0.926 bits per heavy atom. The third kappa shape index (κ3) is 7.42. The second-order valence-corrected chi connectivity index (χ2v) is 17.5. The summed E-state index contributed by atoms with van der Waals surface area (Å²) in [4.78, 5) is 95.4. The molecule has 4 aliphatic heterocycles. The van der Waals surface area contributed by atoms with Crippen LogP contribution in [0.1, 0.15) is 48.2 Å². The highest BCUT2D eigenvalue weighted by Crippen LogP contribution is 2.49. The van der Waals surface area contributed by atoms with Gasteiger partial charge in [-0.1, -0.05) is 48.5 Å². The topological polar surface area (TPSA) is 246 Å². The average Bonchev–Trinajstić information content (AvgIpc) is 3.65. The summed E-state index contributed by atoms with van der Waals surface area (Å²) in [7, 11) is 0. The smallest absolute Gasteiger partial charge is 0.339 e. The number of urea groups is 2. The largest absolute Gasteiger partial charge is 0.493 e. The maximum absolute atomic E-state index is 15.6. The minimum absolute atomic E-state index is 0.0682. The number of carbonyl (C=O) groups is 4. The Morgan fingerprint density at radius 1 is 0.500 bits per heavy atom. The standard InChI is InChI=1S/C48H46N12O8/c1-29-8-6-18-49-33(29)27-55-20-14-47(15-21-55)41(65)57(45(67)59(47)43-51-37(61)25-38(62)52-43)35-13-12-32(31-10-4-3-5-11-31)24-36(35)58-42(66)48(60(46(58)68)44-53-39(63)26-40(64)54-44)16-22-56(23-17-48)28-34-30(2)9-7-19-50-34/h3-13,18-19,24-26H,14-17,20-23,27-28H2,1-2H3,(H2,51,52,61,62)(H2,53,54,63,64). The summed E-state index contributed by atoms with van der Waals surface area (Å²) in [5.74, 6) is -4.83. The quantitative estimate of drug-likeness (QED) is 0.137. The molecule has 4 N–H and O–H groups in total. The van der Waals surface area contributed by atoms with Crippen molar-refractivity contribution in [3.8, 4) is 34.6 Å². The number of aryl methyl sites for hydroxylation is 2. The van der Waals surface area contributed by atoms with E-state index < -0.39 is 70.4 Å². The van der Waals surface area contributed by atoms with Gasteiger partial charge in [0.2, 0.25) is 35.4 Å². The summed E-state index contributed by atoms with van der Waals surface area (Å²) in [6.07, 6.45) is 3.71. The van der Waals surface area contributed by atoms with Crippen LogP contribution in [0.4, 0.5) is 32.9 Å². The van der Waals surface area contributed by atoms with Crippen molar-refractivity contribution in [1.29, 1.82) is 0 Å². The van der Waals surface area contributed by atoms with Crippen molar-refractivity contribution in [2.45, 2.75) is 63.7 Å². The van der Waals surface area contributed by atoms with Gasteiger partial charge in [0.25, 0.3) is 11.8 Å². The lowest BCUT2D eigenvalue weighted by Crippen LogP contribution is -2.57. The van der Waals surface area contributed by atoms with Gasteiger partial charge in [0, 0.05) is 51.7 Å². The summed E-state index contributed by atoms with van der Waals surface area (Å²) in [5.41, 5.74) is 1.36. The lowest BCUT2D eigenvalue weighted by molar-refractivity contribution is -0.124. The molecule has 4 saturated heterocycles. The molecule has 2 spiro atoms. The van der Waals surface area contributed by atoms with E-state index in [2.05, 4.69) is 39.7 Å². The van der Waals surface area contributed by atoms with E-state index in [1.807, 2.05) is 68.4 Å².